The van der Waals surface area contributed by atoms with Crippen LogP contribution in [-0.4, -0.2) is 54.0 Å². The number of rotatable bonds is 5. The number of aldehydes is 2. The Labute approximate surface area is 253 Å². The van der Waals surface area contributed by atoms with Crippen LogP contribution >= 0.6 is 0 Å². The summed E-state index contributed by atoms with van der Waals surface area (Å²) in [6.07, 6.45) is 9.97. The molecule has 0 bridgehead atoms. The van der Waals surface area contributed by atoms with E-state index in [4.69, 9.17) is 20.8 Å². The molecule has 0 radical (unpaired) electrons. The number of phenols is 1. The number of benzene rings is 2. The third-order valence-corrected chi connectivity index (χ3v) is 7.18. The first-order valence-corrected chi connectivity index (χ1v) is 14.0. The molecule has 2 aromatic carbocycles. The molecular formula is C33H32N8O3. The van der Waals surface area contributed by atoms with Crippen LogP contribution in [0.1, 0.15) is 43.8 Å². The fourth-order valence-corrected chi connectivity index (χ4v) is 5.10. The van der Waals surface area contributed by atoms with Gasteiger partial charge in [0.05, 0.1) is 11.1 Å². The number of phenolic OH excluding ortho intramolecular Hbond substituents is 1. The van der Waals surface area contributed by atoms with Crippen LogP contribution < -0.4 is 11.5 Å². The topological polar surface area (TPSA) is 168 Å². The summed E-state index contributed by atoms with van der Waals surface area (Å²) in [6, 6.07) is 18.5. The Morgan fingerprint density at radius 3 is 2.50 bits per heavy atom. The molecule has 11 heteroatoms. The lowest BCUT2D eigenvalue weighted by molar-refractivity contribution is 0.112. The number of nitrogen functional groups attached to an aromatic ring is 1. The van der Waals surface area contributed by atoms with E-state index in [1.54, 1.807) is 17.1 Å². The van der Waals surface area contributed by atoms with Crippen LogP contribution in [0.3, 0.4) is 0 Å². The molecule has 0 saturated heterocycles. The summed E-state index contributed by atoms with van der Waals surface area (Å²) >= 11 is 0. The van der Waals surface area contributed by atoms with Gasteiger partial charge in [0.25, 0.3) is 0 Å². The lowest BCUT2D eigenvalue weighted by Gasteiger charge is -2.12. The maximum absolute atomic E-state index is 10.2. The quantitative estimate of drug-likeness (QED) is 0.243. The summed E-state index contributed by atoms with van der Waals surface area (Å²) in [4.78, 5) is 34.6. The zero-order valence-corrected chi connectivity index (χ0v) is 24.4. The van der Waals surface area contributed by atoms with E-state index in [1.807, 2.05) is 37.4 Å². The molecule has 4 aromatic heterocycles. The molecule has 222 valence electrons. The van der Waals surface area contributed by atoms with Gasteiger partial charge in [-0.1, -0.05) is 6.07 Å². The van der Waals surface area contributed by atoms with Gasteiger partial charge in [0, 0.05) is 29.8 Å². The number of carbonyl (C=O) groups is 2. The van der Waals surface area contributed by atoms with Crippen LogP contribution in [-0.2, 0) is 12.8 Å². The van der Waals surface area contributed by atoms with E-state index >= 15 is 0 Å². The highest BCUT2D eigenvalue weighted by molar-refractivity contribution is 5.85. The number of aromatic nitrogens is 6. The normalized spacial score (nSPS) is 11.6. The van der Waals surface area contributed by atoms with E-state index in [9.17, 15) is 9.59 Å². The summed E-state index contributed by atoms with van der Waals surface area (Å²) in [5.74, 6) is 1.83. The molecule has 5 N–H and O–H groups in total. The Hall–Kier alpha value is -5.68. The molecule has 44 heavy (non-hydrogen) atoms. The average molecular weight is 589 g/mol. The maximum Gasteiger partial charge on any atom is 0.167 e. The zero-order chi connectivity index (χ0) is 31.2. The zero-order valence-electron chi connectivity index (χ0n) is 24.4. The lowest BCUT2D eigenvalue weighted by atomic mass is 10.1. The van der Waals surface area contributed by atoms with Crippen LogP contribution in [0, 0.1) is 6.92 Å². The molecule has 0 saturated carbocycles. The van der Waals surface area contributed by atoms with Crippen molar-refractivity contribution in [2.45, 2.75) is 26.2 Å². The number of nitrogens with zero attached hydrogens (tertiary/aromatic N) is 6. The molecule has 0 spiro atoms. The minimum absolute atomic E-state index is 0.106. The molecule has 1 aliphatic rings. The van der Waals surface area contributed by atoms with Crippen molar-refractivity contribution in [1.29, 1.82) is 0 Å². The maximum atomic E-state index is 10.2. The monoisotopic (exact) mass is 588 g/mol. The van der Waals surface area contributed by atoms with Crippen molar-refractivity contribution >= 4 is 29.6 Å². The third kappa shape index (κ3) is 5.94. The second-order valence-corrected chi connectivity index (χ2v) is 10.0. The molecule has 4 heterocycles. The van der Waals surface area contributed by atoms with Gasteiger partial charge in [-0.3, -0.25) is 14.2 Å². The molecule has 11 nitrogen and oxygen atoms in total. The highest BCUT2D eigenvalue weighted by Crippen LogP contribution is 2.33. The first kappa shape index (κ1) is 29.8. The van der Waals surface area contributed by atoms with E-state index in [-0.39, 0.29) is 11.3 Å². The fourth-order valence-electron chi connectivity index (χ4n) is 5.10. The largest absolute Gasteiger partial charge is 0.507 e. The van der Waals surface area contributed by atoms with Gasteiger partial charge in [-0.25, -0.2) is 19.6 Å². The number of nitrogens with two attached hydrogens (primary N) is 2. The Morgan fingerprint density at radius 2 is 1.75 bits per heavy atom. The van der Waals surface area contributed by atoms with Crippen molar-refractivity contribution in [2.24, 2.45) is 5.73 Å². The van der Waals surface area contributed by atoms with Gasteiger partial charge in [0.15, 0.2) is 23.6 Å². The van der Waals surface area contributed by atoms with Crippen LogP contribution in [0.2, 0.25) is 0 Å². The van der Waals surface area contributed by atoms with Crippen molar-refractivity contribution in [1.82, 2.24) is 29.3 Å². The molecule has 0 aliphatic heterocycles. The minimum atomic E-state index is -0.106. The lowest BCUT2D eigenvalue weighted by Crippen LogP contribution is -2.04. The minimum Gasteiger partial charge on any atom is -0.507 e. The van der Waals surface area contributed by atoms with E-state index in [0.29, 0.717) is 24.0 Å². The number of pyridine rings is 2. The Kier molecular flexibility index (Phi) is 8.87. The second kappa shape index (κ2) is 13.1. The predicted octanol–water partition coefficient (Wildman–Crippen LogP) is 4.64. The molecule has 0 atom stereocenters. The van der Waals surface area contributed by atoms with Crippen LogP contribution in [0.15, 0.2) is 79.3 Å². The number of hydrogen-bond acceptors (Lipinski definition) is 9. The fraction of sp³-hybridized carbons (Fsp3) is 0.152. The van der Waals surface area contributed by atoms with Crippen molar-refractivity contribution in [2.75, 3.05) is 12.8 Å². The number of carbonyl (C=O) groups excluding carboxylic acids is 2. The van der Waals surface area contributed by atoms with E-state index in [0.717, 1.165) is 52.5 Å². The molecule has 6 aromatic rings. The van der Waals surface area contributed by atoms with E-state index in [1.165, 1.54) is 42.8 Å². The third-order valence-electron chi connectivity index (χ3n) is 7.18. The number of aromatic hydroxyl groups is 1. The van der Waals surface area contributed by atoms with Gasteiger partial charge >= 0.3 is 0 Å². The van der Waals surface area contributed by atoms with Crippen molar-refractivity contribution < 1.29 is 14.7 Å². The Balaban J connectivity index is 0.000000250. The van der Waals surface area contributed by atoms with Crippen LogP contribution in [0.5, 0.6) is 5.75 Å². The van der Waals surface area contributed by atoms with Crippen molar-refractivity contribution in [3.63, 3.8) is 0 Å². The second-order valence-electron chi connectivity index (χ2n) is 10.0. The van der Waals surface area contributed by atoms with Gasteiger partial charge in [0.2, 0.25) is 0 Å². The van der Waals surface area contributed by atoms with Crippen molar-refractivity contribution in [3.8, 4) is 28.6 Å². The van der Waals surface area contributed by atoms with Gasteiger partial charge < -0.3 is 16.6 Å². The number of aryl methyl sites for hydroxylation is 3. The summed E-state index contributed by atoms with van der Waals surface area (Å²) in [7, 11) is 1.50. The molecule has 7 rings (SSSR count). The molecule has 0 fully saturated rings. The smallest absolute Gasteiger partial charge is 0.167 e. The number of imidazole rings is 1. The van der Waals surface area contributed by atoms with Crippen molar-refractivity contribution in [3.05, 3.63) is 107 Å². The summed E-state index contributed by atoms with van der Waals surface area (Å²) in [5, 5.41) is 13.3. The number of fused-ring (bicyclic) bond motifs is 2. The molecule has 0 unspecified atom stereocenters. The average Bonchev–Trinajstić information content (AvgIpc) is 3.83. The molecule has 1 aliphatic carbocycles. The first-order chi connectivity index (χ1) is 21.4. The Morgan fingerprint density at radius 1 is 0.932 bits per heavy atom. The summed E-state index contributed by atoms with van der Waals surface area (Å²) in [6.45, 7) is 2.01. The van der Waals surface area contributed by atoms with E-state index < -0.39 is 0 Å². The standard InChI is InChI=1S/C24H21N7.C8H6O3.CH5N/c1-15-12-19(22(25)26-14-15)23-28-20-8-9-21(30-11-3-10-27-30)29-24(20)31(23)18-7-6-16-4-2-5-17(16)13-18;9-4-6-1-2-8(11)7(3-6)5-10;1-2/h3,6-14H,2,4-5H2,1H3,(H2,25,26);1-5,11H;2H2,1H3. The Bertz CT molecular complexity index is 1950. The highest BCUT2D eigenvalue weighted by atomic mass is 16.3. The van der Waals surface area contributed by atoms with Gasteiger partial charge in [0.1, 0.15) is 23.4 Å². The molecule has 0 amide bonds. The van der Waals surface area contributed by atoms with E-state index in [2.05, 4.69) is 38.6 Å². The van der Waals surface area contributed by atoms with Crippen LogP contribution in [0.25, 0.3) is 34.1 Å². The van der Waals surface area contributed by atoms with Gasteiger partial charge in [-0.2, -0.15) is 5.10 Å². The highest BCUT2D eigenvalue weighted by Gasteiger charge is 2.21. The van der Waals surface area contributed by atoms with Crippen LogP contribution in [0.4, 0.5) is 5.82 Å². The SMILES string of the molecule is CN.Cc1cnc(N)c(-c2nc3ccc(-n4cccn4)nc3n2-c2ccc3c(c2)CCC3)c1.O=Cc1ccc(O)c(C=O)c1. The van der Waals surface area contributed by atoms with Gasteiger partial charge in [-0.15, -0.1) is 0 Å². The predicted molar refractivity (Wildman–Crippen MR) is 169 cm³/mol. The molecular weight excluding hydrogens is 556 g/mol. The first-order valence-electron chi connectivity index (χ1n) is 14.0. The number of anilines is 1. The summed E-state index contributed by atoms with van der Waals surface area (Å²) in [5.41, 5.74) is 18.6. The summed E-state index contributed by atoms with van der Waals surface area (Å²) < 4.78 is 3.84. The number of hydrogen-bond donors (Lipinski definition) is 3. The van der Waals surface area contributed by atoms with Gasteiger partial charge in [-0.05, 0) is 105 Å².